The number of carboxylic acid groups (broad SMARTS) is 1. The Morgan fingerprint density at radius 1 is 1.53 bits per heavy atom. The maximum Gasteiger partial charge on any atom is 0.331 e. The van der Waals surface area contributed by atoms with Gasteiger partial charge in [0, 0.05) is 0 Å². The summed E-state index contributed by atoms with van der Waals surface area (Å²) < 4.78 is 5.14. The molecule has 0 spiro atoms. The highest BCUT2D eigenvalue weighted by molar-refractivity contribution is 6.33. The Kier molecular flexibility index (Phi) is 3.94. The van der Waals surface area contributed by atoms with E-state index in [2.05, 4.69) is 4.98 Å². The predicted molar refractivity (Wildman–Crippen MR) is 56.3 cm³/mol. The van der Waals surface area contributed by atoms with E-state index in [0.29, 0.717) is 0 Å². The average molecular weight is 248 g/mol. The molecule has 80 valence electrons. The molecule has 0 amide bonds. The van der Waals surface area contributed by atoms with Crippen molar-refractivity contribution in [3.8, 4) is 5.75 Å². The lowest BCUT2D eigenvalue weighted by atomic mass is 10.4. The van der Waals surface area contributed by atoms with Crippen molar-refractivity contribution in [2.45, 2.75) is 6.92 Å². The lowest BCUT2D eigenvalue weighted by Gasteiger charge is -2.06. The predicted octanol–water partition coefficient (Wildman–Crippen LogP) is 2.76. The summed E-state index contributed by atoms with van der Waals surface area (Å²) in [7, 11) is 0. The number of nitrogens with zero attached hydrogens (tertiary/aromatic N) is 1. The number of halogens is 2. The SMILES string of the molecule is CC(=CC(=O)O)Oc1ccc(Cl)nc1Cl. The fourth-order valence-electron chi connectivity index (χ4n) is 0.852. The van der Waals surface area contributed by atoms with Gasteiger partial charge in [0.1, 0.15) is 10.9 Å². The molecule has 1 aromatic rings. The Balaban J connectivity index is 2.86. The number of ether oxygens (including phenoxy) is 1. The van der Waals surface area contributed by atoms with Crippen LogP contribution in [-0.2, 0) is 4.79 Å². The number of carboxylic acids is 1. The van der Waals surface area contributed by atoms with Gasteiger partial charge in [0.2, 0.25) is 0 Å². The molecule has 0 aliphatic carbocycles. The topological polar surface area (TPSA) is 59.4 Å². The Morgan fingerprint density at radius 2 is 2.20 bits per heavy atom. The van der Waals surface area contributed by atoms with Gasteiger partial charge >= 0.3 is 5.97 Å². The molecule has 1 N–H and O–H groups in total. The monoisotopic (exact) mass is 247 g/mol. The minimum atomic E-state index is -1.09. The Morgan fingerprint density at radius 3 is 2.73 bits per heavy atom. The molecule has 15 heavy (non-hydrogen) atoms. The first kappa shape index (κ1) is 11.8. The average Bonchev–Trinajstić information content (AvgIpc) is 2.08. The number of pyridine rings is 1. The number of allylic oxidation sites excluding steroid dienone is 1. The summed E-state index contributed by atoms with van der Waals surface area (Å²) in [4.78, 5) is 14.0. The second-order valence-electron chi connectivity index (χ2n) is 2.62. The minimum Gasteiger partial charge on any atom is -0.478 e. The second-order valence-corrected chi connectivity index (χ2v) is 3.36. The molecule has 6 heteroatoms. The largest absolute Gasteiger partial charge is 0.478 e. The third kappa shape index (κ3) is 3.77. The standard InChI is InChI=1S/C9H7Cl2NO3/c1-5(4-8(13)14)15-6-2-3-7(10)12-9(6)11/h2-4H,1H3,(H,13,14). The normalized spacial score (nSPS) is 11.3. The van der Waals surface area contributed by atoms with Crippen molar-refractivity contribution < 1.29 is 14.6 Å². The summed E-state index contributed by atoms with van der Waals surface area (Å²) in [6.07, 6.45) is 0.922. The smallest absolute Gasteiger partial charge is 0.331 e. The van der Waals surface area contributed by atoms with Gasteiger partial charge in [-0.05, 0) is 19.1 Å². The molecule has 0 aliphatic rings. The van der Waals surface area contributed by atoms with E-state index in [4.69, 9.17) is 33.0 Å². The Labute approximate surface area is 96.1 Å². The molecule has 0 saturated heterocycles. The summed E-state index contributed by atoms with van der Waals surface area (Å²) in [5, 5.41) is 8.78. The van der Waals surface area contributed by atoms with E-state index in [1.54, 1.807) is 0 Å². The molecule has 1 aromatic heterocycles. The second kappa shape index (κ2) is 5.00. The first-order valence-corrected chi connectivity index (χ1v) is 4.66. The van der Waals surface area contributed by atoms with Gasteiger partial charge in [0.05, 0.1) is 6.08 Å². The van der Waals surface area contributed by atoms with Crippen LogP contribution in [0.1, 0.15) is 6.92 Å². The highest BCUT2D eigenvalue weighted by Crippen LogP contribution is 2.25. The number of carbonyl (C=O) groups is 1. The number of hydrogen-bond acceptors (Lipinski definition) is 3. The van der Waals surface area contributed by atoms with Crippen LogP contribution in [0, 0.1) is 0 Å². The zero-order chi connectivity index (χ0) is 11.4. The summed E-state index contributed by atoms with van der Waals surface area (Å²) >= 11 is 11.3. The van der Waals surface area contributed by atoms with Crippen LogP contribution in [0.2, 0.25) is 10.3 Å². The zero-order valence-electron chi connectivity index (χ0n) is 7.70. The molecular formula is C9H7Cl2NO3. The molecule has 4 nitrogen and oxygen atoms in total. The summed E-state index contributed by atoms with van der Waals surface area (Å²) in [6, 6.07) is 3.01. The summed E-state index contributed by atoms with van der Waals surface area (Å²) in [5.41, 5.74) is 0. The minimum absolute atomic E-state index is 0.0839. The van der Waals surface area contributed by atoms with Gasteiger partial charge in [-0.25, -0.2) is 9.78 Å². The van der Waals surface area contributed by atoms with E-state index >= 15 is 0 Å². The molecule has 1 heterocycles. The zero-order valence-corrected chi connectivity index (χ0v) is 9.21. The maximum atomic E-state index is 10.3. The number of aromatic nitrogens is 1. The molecule has 0 atom stereocenters. The van der Waals surface area contributed by atoms with E-state index in [0.717, 1.165) is 6.08 Å². The molecule has 1 rings (SSSR count). The Hall–Kier alpha value is -1.26. The molecule has 0 saturated carbocycles. The van der Waals surface area contributed by atoms with E-state index in [9.17, 15) is 4.79 Å². The van der Waals surface area contributed by atoms with Crippen LogP contribution in [0.4, 0.5) is 0 Å². The summed E-state index contributed by atoms with van der Waals surface area (Å²) in [5.74, 6) is -0.630. The first-order valence-electron chi connectivity index (χ1n) is 3.90. The molecular weight excluding hydrogens is 241 g/mol. The summed E-state index contributed by atoms with van der Waals surface area (Å²) in [6.45, 7) is 1.50. The van der Waals surface area contributed by atoms with E-state index in [-0.39, 0.29) is 21.8 Å². The van der Waals surface area contributed by atoms with Crippen molar-refractivity contribution in [1.82, 2.24) is 4.98 Å². The van der Waals surface area contributed by atoms with Crippen LogP contribution in [-0.4, -0.2) is 16.1 Å². The molecule has 0 aliphatic heterocycles. The molecule has 0 unspecified atom stereocenters. The van der Waals surface area contributed by atoms with Gasteiger partial charge in [-0.2, -0.15) is 0 Å². The third-order valence-corrected chi connectivity index (χ3v) is 1.86. The number of rotatable bonds is 3. The van der Waals surface area contributed by atoms with Gasteiger partial charge in [-0.3, -0.25) is 0 Å². The van der Waals surface area contributed by atoms with Crippen LogP contribution >= 0.6 is 23.2 Å². The van der Waals surface area contributed by atoms with Crippen molar-refractivity contribution in [1.29, 1.82) is 0 Å². The molecule has 0 aromatic carbocycles. The van der Waals surface area contributed by atoms with Crippen molar-refractivity contribution in [3.05, 3.63) is 34.3 Å². The van der Waals surface area contributed by atoms with Gasteiger partial charge in [-0.15, -0.1) is 0 Å². The maximum absolute atomic E-state index is 10.3. The van der Waals surface area contributed by atoms with E-state index < -0.39 is 5.97 Å². The number of hydrogen-bond donors (Lipinski definition) is 1. The van der Waals surface area contributed by atoms with Crippen LogP contribution in [0.5, 0.6) is 5.75 Å². The molecule has 0 radical (unpaired) electrons. The van der Waals surface area contributed by atoms with Gasteiger partial charge in [0.25, 0.3) is 0 Å². The number of aliphatic carboxylic acids is 1. The van der Waals surface area contributed by atoms with E-state index in [1.165, 1.54) is 19.1 Å². The van der Waals surface area contributed by atoms with Crippen molar-refractivity contribution in [2.75, 3.05) is 0 Å². The fourth-order valence-corrected chi connectivity index (χ4v) is 1.24. The van der Waals surface area contributed by atoms with Crippen LogP contribution in [0.25, 0.3) is 0 Å². The van der Waals surface area contributed by atoms with Crippen LogP contribution in [0.3, 0.4) is 0 Å². The van der Waals surface area contributed by atoms with E-state index in [1.807, 2.05) is 0 Å². The Bertz CT molecular complexity index is 418. The highest BCUT2D eigenvalue weighted by Gasteiger charge is 2.05. The van der Waals surface area contributed by atoms with Crippen molar-refractivity contribution in [2.24, 2.45) is 0 Å². The lowest BCUT2D eigenvalue weighted by molar-refractivity contribution is -0.131. The van der Waals surface area contributed by atoms with Gasteiger partial charge < -0.3 is 9.84 Å². The van der Waals surface area contributed by atoms with Crippen LogP contribution in [0.15, 0.2) is 24.0 Å². The van der Waals surface area contributed by atoms with Gasteiger partial charge in [-0.1, -0.05) is 23.2 Å². The quantitative estimate of drug-likeness (QED) is 0.507. The van der Waals surface area contributed by atoms with Crippen molar-refractivity contribution >= 4 is 29.2 Å². The molecule has 0 fully saturated rings. The highest BCUT2D eigenvalue weighted by atomic mass is 35.5. The lowest BCUT2D eigenvalue weighted by Crippen LogP contribution is -1.97. The first-order chi connectivity index (χ1) is 6.99. The third-order valence-electron chi connectivity index (χ3n) is 1.38. The van der Waals surface area contributed by atoms with Gasteiger partial charge in [0.15, 0.2) is 10.9 Å². The molecule has 0 bridgehead atoms. The van der Waals surface area contributed by atoms with Crippen molar-refractivity contribution in [3.63, 3.8) is 0 Å². The fraction of sp³-hybridized carbons (Fsp3) is 0.111. The van der Waals surface area contributed by atoms with Crippen LogP contribution < -0.4 is 4.74 Å².